The first-order valence-corrected chi connectivity index (χ1v) is 10.5. The first kappa shape index (κ1) is 21.2. The number of rotatable bonds is 8. The molecule has 2 unspecified atom stereocenters. The highest BCUT2D eigenvalue weighted by molar-refractivity contribution is 5.11. The fraction of sp³-hybridized carbons (Fsp3) is 1.00. The van der Waals surface area contributed by atoms with Crippen LogP contribution in [0.4, 0.5) is 0 Å². The molecule has 0 radical (unpaired) electrons. The van der Waals surface area contributed by atoms with Gasteiger partial charge < -0.3 is 9.47 Å². The van der Waals surface area contributed by atoms with Crippen molar-refractivity contribution in [2.45, 2.75) is 137 Å². The molecule has 2 atom stereocenters. The second kappa shape index (κ2) is 6.23. The molecule has 2 heteroatoms. The molecule has 0 amide bonds. The molecule has 0 saturated carbocycles. The molecule has 0 spiro atoms. The Hall–Kier alpha value is -0.0800. The molecule has 0 aromatic heterocycles. The average molecular weight is 353 g/mol. The van der Waals surface area contributed by atoms with Crippen molar-refractivity contribution in [2.24, 2.45) is 10.8 Å². The van der Waals surface area contributed by atoms with Gasteiger partial charge in [-0.05, 0) is 54.4 Å². The smallest absolute Gasteiger partial charge is 0.0740 e. The molecule has 0 N–H and O–H groups in total. The Morgan fingerprint density at radius 3 is 0.960 bits per heavy atom. The summed E-state index contributed by atoms with van der Waals surface area (Å²) in [7, 11) is 0. The molecule has 0 aliphatic carbocycles. The minimum Gasteiger partial charge on any atom is -0.368 e. The predicted molar refractivity (Wildman–Crippen MR) is 107 cm³/mol. The predicted octanol–water partition coefficient (Wildman–Crippen LogP) is 6.90. The van der Waals surface area contributed by atoms with Gasteiger partial charge in [0.15, 0.2) is 0 Å². The van der Waals surface area contributed by atoms with Crippen LogP contribution in [0.2, 0.25) is 0 Å². The van der Waals surface area contributed by atoms with Crippen LogP contribution in [0.25, 0.3) is 0 Å². The zero-order valence-corrected chi connectivity index (χ0v) is 18.8. The maximum atomic E-state index is 6.25. The maximum absolute atomic E-state index is 6.25. The zero-order valence-electron chi connectivity index (χ0n) is 18.8. The summed E-state index contributed by atoms with van der Waals surface area (Å²) in [5.74, 6) is 0. The van der Waals surface area contributed by atoms with Crippen molar-refractivity contribution < 1.29 is 9.47 Å². The van der Waals surface area contributed by atoms with Crippen LogP contribution in [0.3, 0.4) is 0 Å². The summed E-state index contributed by atoms with van der Waals surface area (Å²) >= 11 is 0. The highest BCUT2D eigenvalue weighted by atomic mass is 16.6. The molecular weight excluding hydrogens is 308 g/mol. The van der Waals surface area contributed by atoms with E-state index in [2.05, 4.69) is 69.2 Å². The lowest BCUT2D eigenvalue weighted by molar-refractivity contribution is -0.350. The van der Waals surface area contributed by atoms with Crippen LogP contribution in [-0.2, 0) is 9.47 Å². The second-order valence-corrected chi connectivity index (χ2v) is 11.2. The Balaban J connectivity index is 1.61. The molecule has 2 rings (SSSR count). The van der Waals surface area contributed by atoms with Crippen LogP contribution in [0.1, 0.15) is 114 Å². The molecule has 2 aliphatic heterocycles. The van der Waals surface area contributed by atoms with Gasteiger partial charge in [0.05, 0.1) is 22.4 Å². The van der Waals surface area contributed by atoms with Crippen molar-refractivity contribution in [1.82, 2.24) is 0 Å². The van der Waals surface area contributed by atoms with Crippen LogP contribution in [0.15, 0.2) is 0 Å². The van der Waals surface area contributed by atoms with E-state index < -0.39 is 0 Å². The minimum absolute atomic E-state index is 0.0144. The standard InChI is InChI=1S/C23H44O2/c1-18(2)20(5,6)24-22(18,9)16-14-12-11-13-15-17-23(10)19(3,4)21(7,8)25-23/h11-17H2,1-10H3. The summed E-state index contributed by atoms with van der Waals surface area (Å²) < 4.78 is 12.5. The first-order valence-electron chi connectivity index (χ1n) is 10.5. The third-order valence-electron chi connectivity index (χ3n) is 8.92. The topological polar surface area (TPSA) is 18.5 Å². The Kier molecular flexibility index (Phi) is 5.29. The fourth-order valence-electron chi connectivity index (χ4n) is 5.00. The average Bonchev–Trinajstić information content (AvgIpc) is 2.44. The summed E-state index contributed by atoms with van der Waals surface area (Å²) in [6.07, 6.45) is 8.91. The van der Waals surface area contributed by atoms with E-state index in [1.165, 1.54) is 44.9 Å². The van der Waals surface area contributed by atoms with Crippen molar-refractivity contribution in [3.05, 3.63) is 0 Å². The highest BCUT2D eigenvalue weighted by Gasteiger charge is 2.63. The summed E-state index contributed by atoms with van der Waals surface area (Å²) in [4.78, 5) is 0. The Morgan fingerprint density at radius 2 is 0.720 bits per heavy atom. The van der Waals surface area contributed by atoms with Gasteiger partial charge in [-0.1, -0.05) is 59.8 Å². The van der Waals surface area contributed by atoms with Gasteiger partial charge in [-0.15, -0.1) is 0 Å². The summed E-state index contributed by atoms with van der Waals surface area (Å²) in [5, 5.41) is 0. The minimum atomic E-state index is 0.0144. The number of hydrogen-bond acceptors (Lipinski definition) is 2. The lowest BCUT2D eigenvalue weighted by Gasteiger charge is -2.65. The zero-order chi connectivity index (χ0) is 19.4. The van der Waals surface area contributed by atoms with E-state index >= 15 is 0 Å². The lowest BCUT2D eigenvalue weighted by Crippen LogP contribution is -2.70. The van der Waals surface area contributed by atoms with Crippen molar-refractivity contribution in [2.75, 3.05) is 0 Å². The van der Waals surface area contributed by atoms with E-state index in [0.717, 1.165) is 0 Å². The van der Waals surface area contributed by atoms with Crippen molar-refractivity contribution >= 4 is 0 Å². The van der Waals surface area contributed by atoms with Crippen molar-refractivity contribution in [3.63, 3.8) is 0 Å². The van der Waals surface area contributed by atoms with E-state index in [4.69, 9.17) is 9.47 Å². The van der Waals surface area contributed by atoms with Crippen LogP contribution < -0.4 is 0 Å². The van der Waals surface area contributed by atoms with Crippen LogP contribution in [0.5, 0.6) is 0 Å². The Labute approximate surface area is 157 Å². The molecule has 25 heavy (non-hydrogen) atoms. The monoisotopic (exact) mass is 352 g/mol. The van der Waals surface area contributed by atoms with E-state index in [9.17, 15) is 0 Å². The lowest BCUT2D eigenvalue weighted by atomic mass is 9.58. The summed E-state index contributed by atoms with van der Waals surface area (Å²) in [5.41, 5.74) is 0.656. The third kappa shape index (κ3) is 3.20. The molecule has 2 fully saturated rings. The molecule has 2 aliphatic rings. The Morgan fingerprint density at radius 1 is 0.440 bits per heavy atom. The number of hydrogen-bond donors (Lipinski definition) is 0. The number of ether oxygens (including phenoxy) is 2. The maximum Gasteiger partial charge on any atom is 0.0740 e. The van der Waals surface area contributed by atoms with Gasteiger partial charge in [0, 0.05) is 10.8 Å². The molecule has 148 valence electrons. The first-order chi connectivity index (χ1) is 11.1. The van der Waals surface area contributed by atoms with Crippen molar-refractivity contribution in [1.29, 1.82) is 0 Å². The SMILES string of the molecule is CC1(C)OC(C)(CCCCCCCC2(C)OC(C)(C)C2(C)C)C1(C)C. The largest absolute Gasteiger partial charge is 0.368 e. The summed E-state index contributed by atoms with van der Waals surface area (Å²) in [6.45, 7) is 22.9. The molecule has 0 aromatic rings. The summed E-state index contributed by atoms with van der Waals surface area (Å²) in [6, 6.07) is 0. The molecular formula is C23H44O2. The molecule has 2 heterocycles. The van der Waals surface area contributed by atoms with Crippen LogP contribution in [0, 0.1) is 10.8 Å². The van der Waals surface area contributed by atoms with E-state index in [0.29, 0.717) is 0 Å². The van der Waals surface area contributed by atoms with Crippen LogP contribution in [-0.4, -0.2) is 22.4 Å². The number of unbranched alkanes of at least 4 members (excludes halogenated alkanes) is 4. The van der Waals surface area contributed by atoms with Gasteiger partial charge in [-0.2, -0.15) is 0 Å². The molecule has 0 aromatic carbocycles. The van der Waals surface area contributed by atoms with Gasteiger partial charge in [0.25, 0.3) is 0 Å². The van der Waals surface area contributed by atoms with E-state index in [1.807, 2.05) is 0 Å². The fourth-order valence-corrected chi connectivity index (χ4v) is 5.00. The Bertz CT molecular complexity index is 444. The van der Waals surface area contributed by atoms with Gasteiger partial charge in [0.1, 0.15) is 0 Å². The van der Waals surface area contributed by atoms with Gasteiger partial charge in [0.2, 0.25) is 0 Å². The van der Waals surface area contributed by atoms with E-state index in [-0.39, 0.29) is 33.2 Å². The third-order valence-corrected chi connectivity index (χ3v) is 8.92. The highest BCUT2D eigenvalue weighted by Crippen LogP contribution is 2.59. The molecule has 2 saturated heterocycles. The van der Waals surface area contributed by atoms with Crippen molar-refractivity contribution in [3.8, 4) is 0 Å². The second-order valence-electron chi connectivity index (χ2n) is 11.2. The van der Waals surface area contributed by atoms with E-state index in [1.54, 1.807) is 0 Å². The van der Waals surface area contributed by atoms with Gasteiger partial charge in [-0.3, -0.25) is 0 Å². The normalized spacial score (nSPS) is 37.2. The molecule has 0 bridgehead atoms. The van der Waals surface area contributed by atoms with Crippen LogP contribution >= 0.6 is 0 Å². The molecule has 2 nitrogen and oxygen atoms in total. The van der Waals surface area contributed by atoms with Gasteiger partial charge in [-0.25, -0.2) is 0 Å². The quantitative estimate of drug-likeness (QED) is 0.442. The van der Waals surface area contributed by atoms with Gasteiger partial charge >= 0.3 is 0 Å².